The summed E-state index contributed by atoms with van der Waals surface area (Å²) in [6.07, 6.45) is 1.56. The zero-order chi connectivity index (χ0) is 10.7. The minimum absolute atomic E-state index is 0.0276. The average molecular weight is 211 g/mol. The molecule has 0 aromatic carbocycles. The zero-order valence-corrected chi connectivity index (χ0v) is 8.40. The van der Waals surface area contributed by atoms with Crippen LogP contribution in [-0.2, 0) is 4.74 Å². The molecule has 15 heavy (non-hydrogen) atoms. The average Bonchev–Trinajstić information content (AvgIpc) is 2.30. The third-order valence-electron chi connectivity index (χ3n) is 2.44. The van der Waals surface area contributed by atoms with Crippen molar-refractivity contribution in [3.05, 3.63) is 24.1 Å². The number of nitrogens with zero attached hydrogens (tertiary/aromatic N) is 2. The summed E-state index contributed by atoms with van der Waals surface area (Å²) >= 11 is 0. The van der Waals surface area contributed by atoms with Crippen LogP contribution in [0.4, 0.5) is 10.2 Å². The lowest BCUT2D eigenvalue weighted by Crippen LogP contribution is -2.46. The molecule has 1 saturated heterocycles. The molecule has 0 aliphatic carbocycles. The first-order valence-corrected chi connectivity index (χ1v) is 4.98. The largest absolute Gasteiger partial charge is 0.373 e. The van der Waals surface area contributed by atoms with Crippen molar-refractivity contribution >= 4 is 5.82 Å². The van der Waals surface area contributed by atoms with Gasteiger partial charge in [0.1, 0.15) is 0 Å². The van der Waals surface area contributed by atoms with Gasteiger partial charge in [-0.25, -0.2) is 9.37 Å². The highest BCUT2D eigenvalue weighted by atomic mass is 19.1. The van der Waals surface area contributed by atoms with Gasteiger partial charge in [-0.05, 0) is 12.1 Å². The van der Waals surface area contributed by atoms with Crippen LogP contribution < -0.4 is 10.6 Å². The van der Waals surface area contributed by atoms with Gasteiger partial charge in [-0.2, -0.15) is 0 Å². The first-order valence-electron chi connectivity index (χ1n) is 4.98. The summed E-state index contributed by atoms with van der Waals surface area (Å²) in [5, 5.41) is 0. The monoisotopic (exact) mass is 211 g/mol. The Morgan fingerprint density at radius 2 is 2.53 bits per heavy atom. The van der Waals surface area contributed by atoms with Gasteiger partial charge in [0.2, 0.25) is 0 Å². The molecule has 1 aliphatic rings. The molecule has 4 nitrogen and oxygen atoms in total. The number of hydrogen-bond acceptors (Lipinski definition) is 4. The lowest BCUT2D eigenvalue weighted by atomic mass is 10.2. The zero-order valence-electron chi connectivity index (χ0n) is 8.40. The van der Waals surface area contributed by atoms with Gasteiger partial charge in [0.15, 0.2) is 11.6 Å². The summed E-state index contributed by atoms with van der Waals surface area (Å²) in [7, 11) is 0. The second-order valence-electron chi connectivity index (χ2n) is 3.48. The maximum atomic E-state index is 13.4. The van der Waals surface area contributed by atoms with Crippen LogP contribution in [0.2, 0.25) is 0 Å². The minimum Gasteiger partial charge on any atom is -0.373 e. The van der Waals surface area contributed by atoms with Gasteiger partial charge in [0.25, 0.3) is 0 Å². The fraction of sp³-hybridized carbons (Fsp3) is 0.500. The highest BCUT2D eigenvalue weighted by Crippen LogP contribution is 2.17. The lowest BCUT2D eigenvalue weighted by Gasteiger charge is -2.33. The topological polar surface area (TPSA) is 51.4 Å². The van der Waals surface area contributed by atoms with Crippen LogP contribution in [0.5, 0.6) is 0 Å². The minimum atomic E-state index is -0.296. The van der Waals surface area contributed by atoms with E-state index in [1.165, 1.54) is 6.07 Å². The molecule has 2 heterocycles. The fourth-order valence-corrected chi connectivity index (χ4v) is 1.66. The summed E-state index contributed by atoms with van der Waals surface area (Å²) < 4.78 is 18.8. The summed E-state index contributed by atoms with van der Waals surface area (Å²) in [6, 6.07) is 2.99. The van der Waals surface area contributed by atoms with E-state index in [0.29, 0.717) is 32.1 Å². The second kappa shape index (κ2) is 4.55. The van der Waals surface area contributed by atoms with Crippen LogP contribution in [0.15, 0.2) is 18.3 Å². The van der Waals surface area contributed by atoms with Crippen molar-refractivity contribution in [2.24, 2.45) is 5.73 Å². The molecule has 0 radical (unpaired) electrons. The van der Waals surface area contributed by atoms with Gasteiger partial charge < -0.3 is 15.4 Å². The van der Waals surface area contributed by atoms with Crippen LogP contribution in [0.3, 0.4) is 0 Å². The van der Waals surface area contributed by atoms with E-state index in [0.717, 1.165) is 0 Å². The van der Waals surface area contributed by atoms with Crippen molar-refractivity contribution in [3.8, 4) is 0 Å². The van der Waals surface area contributed by atoms with Crippen LogP contribution in [0.25, 0.3) is 0 Å². The molecule has 1 aromatic rings. The van der Waals surface area contributed by atoms with Crippen molar-refractivity contribution in [1.82, 2.24) is 4.98 Å². The number of halogens is 1. The number of aromatic nitrogens is 1. The molecular weight excluding hydrogens is 197 g/mol. The predicted octanol–water partition coefficient (Wildman–Crippen LogP) is 0.385. The Hall–Kier alpha value is -1.20. The van der Waals surface area contributed by atoms with Crippen molar-refractivity contribution in [2.45, 2.75) is 6.10 Å². The predicted molar refractivity (Wildman–Crippen MR) is 55.2 cm³/mol. The van der Waals surface area contributed by atoms with Gasteiger partial charge in [0, 0.05) is 25.8 Å². The molecule has 1 atom stereocenters. The summed E-state index contributed by atoms with van der Waals surface area (Å²) in [5.74, 6) is 0.0921. The Morgan fingerprint density at radius 1 is 1.67 bits per heavy atom. The smallest absolute Gasteiger partial charge is 0.165 e. The summed E-state index contributed by atoms with van der Waals surface area (Å²) in [6.45, 7) is 2.28. The molecule has 0 saturated carbocycles. The number of pyridine rings is 1. The van der Waals surface area contributed by atoms with Gasteiger partial charge in [-0.3, -0.25) is 0 Å². The molecule has 2 N–H and O–H groups in total. The molecule has 1 aliphatic heterocycles. The SMILES string of the molecule is NCC1CN(c2ncccc2F)CCO1. The quantitative estimate of drug-likeness (QED) is 0.768. The van der Waals surface area contributed by atoms with Crippen LogP contribution in [0.1, 0.15) is 0 Å². The van der Waals surface area contributed by atoms with E-state index in [4.69, 9.17) is 10.5 Å². The van der Waals surface area contributed by atoms with Gasteiger partial charge in [-0.1, -0.05) is 0 Å². The molecule has 0 bridgehead atoms. The van der Waals surface area contributed by atoms with E-state index in [9.17, 15) is 4.39 Å². The van der Waals surface area contributed by atoms with Crippen molar-refractivity contribution in [3.63, 3.8) is 0 Å². The third-order valence-corrected chi connectivity index (χ3v) is 2.44. The lowest BCUT2D eigenvalue weighted by molar-refractivity contribution is 0.0460. The first-order chi connectivity index (χ1) is 7.31. The van der Waals surface area contributed by atoms with E-state index in [1.807, 2.05) is 4.90 Å². The van der Waals surface area contributed by atoms with E-state index in [-0.39, 0.29) is 11.9 Å². The summed E-state index contributed by atoms with van der Waals surface area (Å²) in [4.78, 5) is 5.90. The number of nitrogens with two attached hydrogens (primary N) is 1. The Kier molecular flexibility index (Phi) is 3.13. The van der Waals surface area contributed by atoms with Crippen LogP contribution >= 0.6 is 0 Å². The molecule has 1 fully saturated rings. The molecule has 0 spiro atoms. The van der Waals surface area contributed by atoms with Gasteiger partial charge >= 0.3 is 0 Å². The van der Waals surface area contributed by atoms with E-state index in [2.05, 4.69) is 4.98 Å². The Bertz CT molecular complexity index is 334. The van der Waals surface area contributed by atoms with Gasteiger partial charge in [-0.15, -0.1) is 0 Å². The molecule has 1 unspecified atom stereocenters. The van der Waals surface area contributed by atoms with Crippen LogP contribution in [-0.4, -0.2) is 37.3 Å². The number of hydrogen-bond donors (Lipinski definition) is 1. The van der Waals surface area contributed by atoms with Crippen molar-refractivity contribution in [1.29, 1.82) is 0 Å². The Morgan fingerprint density at radius 3 is 3.27 bits per heavy atom. The molecule has 1 aromatic heterocycles. The van der Waals surface area contributed by atoms with E-state index >= 15 is 0 Å². The molecule has 82 valence electrons. The molecule has 2 rings (SSSR count). The molecule has 5 heteroatoms. The maximum Gasteiger partial charge on any atom is 0.165 e. The second-order valence-corrected chi connectivity index (χ2v) is 3.48. The summed E-state index contributed by atoms with van der Waals surface area (Å²) in [5.41, 5.74) is 5.52. The number of anilines is 1. The van der Waals surface area contributed by atoms with Gasteiger partial charge in [0.05, 0.1) is 12.7 Å². The molecular formula is C10H14FN3O. The maximum absolute atomic E-state index is 13.4. The normalized spacial score (nSPS) is 21.7. The highest BCUT2D eigenvalue weighted by molar-refractivity contribution is 5.40. The Labute approximate surface area is 87.8 Å². The standard InChI is InChI=1S/C10H14FN3O/c11-9-2-1-3-13-10(9)14-4-5-15-8(6-12)7-14/h1-3,8H,4-7,12H2. The number of ether oxygens (including phenoxy) is 1. The van der Waals surface area contributed by atoms with Crippen molar-refractivity contribution < 1.29 is 9.13 Å². The van der Waals surface area contributed by atoms with E-state index in [1.54, 1.807) is 12.3 Å². The highest BCUT2D eigenvalue weighted by Gasteiger charge is 2.22. The van der Waals surface area contributed by atoms with Crippen LogP contribution in [0, 0.1) is 5.82 Å². The Balaban J connectivity index is 2.13. The first kappa shape index (κ1) is 10.3. The fourth-order valence-electron chi connectivity index (χ4n) is 1.66. The number of rotatable bonds is 2. The van der Waals surface area contributed by atoms with E-state index < -0.39 is 0 Å². The number of morpholine rings is 1. The van der Waals surface area contributed by atoms with Crippen molar-refractivity contribution in [2.75, 3.05) is 31.1 Å². The molecule has 0 amide bonds. The third kappa shape index (κ3) is 2.24.